The number of aryl methyl sites for hydroxylation is 1. The number of likely N-dealkylation sites (N-methyl/N-ethyl adjacent to an activating group) is 1. The number of alkyl halides is 5. The van der Waals surface area contributed by atoms with Crippen LogP contribution < -0.4 is 14.8 Å². The monoisotopic (exact) mass is 528 g/mol. The molecule has 1 aromatic heterocycles. The molecule has 3 aromatic rings. The Morgan fingerprint density at radius 1 is 1.19 bits per heavy atom. The molecule has 0 spiro atoms. The molecule has 4 rings (SSSR count). The molecule has 1 aliphatic rings. The second kappa shape index (κ2) is 9.88. The molecule has 200 valence electrons. The van der Waals surface area contributed by atoms with E-state index in [0.29, 0.717) is 28.5 Å². The average molecular weight is 528 g/mol. The van der Waals surface area contributed by atoms with Gasteiger partial charge in [0.1, 0.15) is 24.1 Å². The predicted octanol–water partition coefficient (Wildman–Crippen LogP) is 6.00. The number of nitrogens with one attached hydrogen (secondary N) is 1. The molecule has 0 bridgehead atoms. The Kier molecular flexibility index (Phi) is 7.15. The Bertz CT molecular complexity index is 1300. The molecule has 0 unspecified atom stereocenters. The van der Waals surface area contributed by atoms with Crippen LogP contribution in [0.5, 0.6) is 11.5 Å². The zero-order valence-corrected chi connectivity index (χ0v) is 20.6. The minimum Gasteiger partial charge on any atom is -0.493 e. The number of nitrogens with zero attached hydrogens (tertiary/aromatic N) is 3. The van der Waals surface area contributed by atoms with Crippen molar-refractivity contribution in [3.05, 3.63) is 53.1 Å². The van der Waals surface area contributed by atoms with Crippen molar-refractivity contribution in [2.24, 2.45) is 0 Å². The molecule has 1 aliphatic heterocycles. The summed E-state index contributed by atoms with van der Waals surface area (Å²) in [7, 11) is 3.02. The maximum atomic E-state index is 14.7. The van der Waals surface area contributed by atoms with Gasteiger partial charge in [0.15, 0.2) is 11.5 Å². The average Bonchev–Trinajstić information content (AvgIpc) is 3.07. The molecule has 0 aliphatic carbocycles. The van der Waals surface area contributed by atoms with Gasteiger partial charge in [-0.05, 0) is 33.0 Å². The van der Waals surface area contributed by atoms with E-state index in [2.05, 4.69) is 15.3 Å². The Morgan fingerprint density at radius 2 is 1.92 bits per heavy atom. The first-order valence-electron chi connectivity index (χ1n) is 11.5. The number of methoxy groups -OCH3 is 1. The number of anilines is 1. The van der Waals surface area contributed by atoms with Crippen LogP contribution in [0.4, 0.5) is 32.2 Å². The van der Waals surface area contributed by atoms with E-state index in [9.17, 15) is 26.3 Å². The van der Waals surface area contributed by atoms with Gasteiger partial charge in [-0.3, -0.25) is 4.90 Å². The Hall–Kier alpha value is -3.28. The van der Waals surface area contributed by atoms with E-state index in [1.165, 1.54) is 25.0 Å². The third-order valence-corrected chi connectivity index (χ3v) is 6.32. The number of halogens is 6. The summed E-state index contributed by atoms with van der Waals surface area (Å²) >= 11 is 0. The molecule has 2 heterocycles. The van der Waals surface area contributed by atoms with Crippen LogP contribution in [-0.2, 0) is 6.18 Å². The van der Waals surface area contributed by atoms with Gasteiger partial charge in [-0.2, -0.15) is 13.2 Å². The lowest BCUT2D eigenvalue weighted by Gasteiger charge is -2.21. The van der Waals surface area contributed by atoms with Gasteiger partial charge in [0.05, 0.1) is 30.8 Å². The SMILES string of the molecule is COc1cc2nc(C)nc(N[C@H](C)c3cccc(C(F)(F)F)c3F)c2cc1OC[C@@H]1CC(F)(F)CN1C. The Morgan fingerprint density at radius 3 is 2.54 bits per heavy atom. The van der Waals surface area contributed by atoms with Crippen LogP contribution in [0.3, 0.4) is 0 Å². The van der Waals surface area contributed by atoms with Gasteiger partial charge >= 0.3 is 6.18 Å². The third kappa shape index (κ3) is 5.68. The standard InChI is InChI=1S/C25H26F6N4O2/c1-13(16-6-5-7-18(22(16)26)25(29,30)31)32-23-17-8-21(20(36-4)9-19(17)33-14(2)34-23)37-11-15-10-24(27,28)12-35(15)3/h5-9,13,15H,10-12H2,1-4H3,(H,32,33,34)/t13-,15+/m1/s1. The maximum absolute atomic E-state index is 14.7. The highest BCUT2D eigenvalue weighted by molar-refractivity contribution is 5.92. The van der Waals surface area contributed by atoms with Crippen molar-refractivity contribution < 1.29 is 35.8 Å². The number of hydrogen-bond acceptors (Lipinski definition) is 6. The smallest absolute Gasteiger partial charge is 0.419 e. The summed E-state index contributed by atoms with van der Waals surface area (Å²) < 4.78 is 93.1. The normalized spacial score (nSPS) is 18.7. The molecule has 1 fully saturated rings. The highest BCUT2D eigenvalue weighted by Crippen LogP contribution is 2.38. The molecule has 0 amide bonds. The van der Waals surface area contributed by atoms with Gasteiger partial charge in [0.25, 0.3) is 5.92 Å². The molecule has 37 heavy (non-hydrogen) atoms. The van der Waals surface area contributed by atoms with E-state index in [4.69, 9.17) is 9.47 Å². The summed E-state index contributed by atoms with van der Waals surface area (Å²) in [5, 5.41) is 3.41. The summed E-state index contributed by atoms with van der Waals surface area (Å²) in [6.45, 7) is 2.77. The van der Waals surface area contributed by atoms with Crippen molar-refractivity contribution in [2.75, 3.05) is 32.6 Å². The number of benzene rings is 2. The maximum Gasteiger partial charge on any atom is 0.419 e. The van der Waals surface area contributed by atoms with Crippen molar-refractivity contribution in [3.8, 4) is 11.5 Å². The summed E-state index contributed by atoms with van der Waals surface area (Å²) in [6, 6.07) is 4.86. The highest BCUT2D eigenvalue weighted by atomic mass is 19.4. The van der Waals surface area contributed by atoms with Crippen LogP contribution in [0.2, 0.25) is 0 Å². The van der Waals surface area contributed by atoms with Gasteiger partial charge in [-0.15, -0.1) is 0 Å². The van der Waals surface area contributed by atoms with Crippen molar-refractivity contribution in [3.63, 3.8) is 0 Å². The number of ether oxygens (including phenoxy) is 2. The molecule has 0 radical (unpaired) electrons. The lowest BCUT2D eigenvalue weighted by molar-refractivity contribution is -0.140. The zero-order valence-electron chi connectivity index (χ0n) is 20.6. The van der Waals surface area contributed by atoms with Crippen LogP contribution in [0, 0.1) is 12.7 Å². The fourth-order valence-electron chi connectivity index (χ4n) is 4.45. The second-order valence-corrected chi connectivity index (χ2v) is 9.15. The first-order valence-corrected chi connectivity index (χ1v) is 11.5. The number of hydrogen-bond donors (Lipinski definition) is 1. The molecule has 6 nitrogen and oxygen atoms in total. The van der Waals surface area contributed by atoms with Crippen molar-refractivity contribution in [2.45, 2.75) is 44.5 Å². The highest BCUT2D eigenvalue weighted by Gasteiger charge is 2.43. The van der Waals surface area contributed by atoms with Gasteiger partial charge in [0.2, 0.25) is 0 Å². The van der Waals surface area contributed by atoms with Gasteiger partial charge < -0.3 is 14.8 Å². The van der Waals surface area contributed by atoms with Gasteiger partial charge in [-0.25, -0.2) is 23.1 Å². The van der Waals surface area contributed by atoms with Crippen LogP contribution in [0.25, 0.3) is 10.9 Å². The van der Waals surface area contributed by atoms with Crippen molar-refractivity contribution in [1.29, 1.82) is 0 Å². The van der Waals surface area contributed by atoms with E-state index in [-0.39, 0.29) is 36.7 Å². The molecule has 0 saturated carbocycles. The minimum absolute atomic E-state index is 0.0186. The van der Waals surface area contributed by atoms with Crippen LogP contribution in [0.15, 0.2) is 30.3 Å². The van der Waals surface area contributed by atoms with Crippen LogP contribution >= 0.6 is 0 Å². The topological polar surface area (TPSA) is 59.5 Å². The first-order chi connectivity index (χ1) is 17.3. The van der Waals surface area contributed by atoms with Crippen LogP contribution in [-0.4, -0.2) is 54.1 Å². The molecule has 1 N–H and O–H groups in total. The minimum atomic E-state index is -4.84. The summed E-state index contributed by atoms with van der Waals surface area (Å²) in [4.78, 5) is 10.3. The fraction of sp³-hybridized carbons (Fsp3) is 0.440. The van der Waals surface area contributed by atoms with Crippen molar-refractivity contribution >= 4 is 16.7 Å². The molecular formula is C25H26F6N4O2. The number of likely N-dealkylation sites (tertiary alicyclic amines) is 1. The molecule has 12 heteroatoms. The van der Waals surface area contributed by atoms with Gasteiger partial charge in [0, 0.05) is 29.5 Å². The van der Waals surface area contributed by atoms with Crippen molar-refractivity contribution in [1.82, 2.24) is 14.9 Å². The second-order valence-electron chi connectivity index (χ2n) is 9.15. The summed E-state index contributed by atoms with van der Waals surface area (Å²) in [5.41, 5.74) is -1.10. The third-order valence-electron chi connectivity index (χ3n) is 6.32. The first kappa shape index (κ1) is 26.8. The lowest BCUT2D eigenvalue weighted by Crippen LogP contribution is -2.30. The lowest BCUT2D eigenvalue weighted by atomic mass is 10.0. The van der Waals surface area contributed by atoms with E-state index in [1.807, 2.05) is 0 Å². The van der Waals surface area contributed by atoms with E-state index >= 15 is 0 Å². The Labute approximate surface area is 209 Å². The summed E-state index contributed by atoms with van der Waals surface area (Å²) in [6.07, 6.45) is -5.17. The largest absolute Gasteiger partial charge is 0.493 e. The quantitative estimate of drug-likeness (QED) is 0.380. The number of aromatic nitrogens is 2. The van der Waals surface area contributed by atoms with Crippen LogP contribution in [0.1, 0.15) is 36.3 Å². The molecular weight excluding hydrogens is 502 g/mol. The van der Waals surface area contributed by atoms with E-state index in [1.54, 1.807) is 26.1 Å². The predicted molar refractivity (Wildman–Crippen MR) is 126 cm³/mol. The number of rotatable bonds is 7. The fourth-order valence-corrected chi connectivity index (χ4v) is 4.45. The van der Waals surface area contributed by atoms with Gasteiger partial charge in [-0.1, -0.05) is 12.1 Å². The summed E-state index contributed by atoms with van der Waals surface area (Å²) in [5.74, 6) is -2.99. The molecule has 2 atom stereocenters. The van der Waals surface area contributed by atoms with E-state index < -0.39 is 35.6 Å². The Balaban J connectivity index is 1.66. The zero-order chi connectivity index (χ0) is 27.1. The van der Waals surface area contributed by atoms with E-state index in [0.717, 1.165) is 6.07 Å². The molecule has 1 saturated heterocycles. The molecule has 2 aromatic carbocycles. The number of fused-ring (bicyclic) bond motifs is 1.